The number of benzene rings is 1. The maximum absolute atomic E-state index is 11.1. The summed E-state index contributed by atoms with van der Waals surface area (Å²) in [5.74, 6) is -1.28. The summed E-state index contributed by atoms with van der Waals surface area (Å²) in [4.78, 5) is 11.1. The zero-order valence-electron chi connectivity index (χ0n) is 8.01. The van der Waals surface area contributed by atoms with Crippen LogP contribution in [0, 0.1) is 0 Å². The van der Waals surface area contributed by atoms with Gasteiger partial charge >= 0.3 is 0 Å². The molecule has 0 heterocycles. The number of primary sulfonamides is 1. The van der Waals surface area contributed by atoms with Crippen molar-refractivity contribution < 1.29 is 13.2 Å². The van der Waals surface area contributed by atoms with Crippen LogP contribution in [0.2, 0.25) is 0 Å². The molecule has 0 saturated carbocycles. The van der Waals surface area contributed by atoms with Gasteiger partial charge in [0.05, 0.1) is 0 Å². The van der Waals surface area contributed by atoms with E-state index >= 15 is 0 Å². The summed E-state index contributed by atoms with van der Waals surface area (Å²) in [5, 5.41) is 7.17. The van der Waals surface area contributed by atoms with Crippen molar-refractivity contribution in [1.29, 1.82) is 0 Å². The highest BCUT2D eigenvalue weighted by Crippen LogP contribution is 1.96. The van der Waals surface area contributed by atoms with Gasteiger partial charge in [-0.15, -0.1) is 0 Å². The minimum absolute atomic E-state index is 0.301. The number of amides is 1. The van der Waals surface area contributed by atoms with E-state index in [-0.39, 0.29) is 0 Å². The van der Waals surface area contributed by atoms with Crippen LogP contribution in [0.3, 0.4) is 0 Å². The Bertz CT molecular complexity index is 428. The van der Waals surface area contributed by atoms with Gasteiger partial charge in [0.2, 0.25) is 15.9 Å². The van der Waals surface area contributed by atoms with E-state index in [0.717, 1.165) is 5.56 Å². The lowest BCUT2D eigenvalue weighted by molar-refractivity contribution is -0.118. The lowest BCUT2D eigenvalue weighted by Gasteiger charge is -2.03. The molecule has 0 radical (unpaired) electrons. The summed E-state index contributed by atoms with van der Waals surface area (Å²) in [5.41, 5.74) is 0.903. The number of hydrogen-bond donors (Lipinski definition) is 2. The molecule has 0 saturated heterocycles. The topological polar surface area (TPSA) is 89.3 Å². The van der Waals surface area contributed by atoms with Gasteiger partial charge in [0.25, 0.3) is 0 Å². The van der Waals surface area contributed by atoms with Gasteiger partial charge in [0.1, 0.15) is 5.75 Å². The molecule has 0 spiro atoms. The fraction of sp³-hybridized carbons (Fsp3) is 0.222. The number of carbonyl (C=O) groups is 1. The van der Waals surface area contributed by atoms with E-state index < -0.39 is 21.7 Å². The SMILES string of the molecule is NS(=O)(=O)CC(=O)NCc1ccccc1. The predicted octanol–water partition coefficient (Wildman–Crippen LogP) is -0.409. The number of sulfonamides is 1. The summed E-state index contributed by atoms with van der Waals surface area (Å²) in [6, 6.07) is 9.19. The smallest absolute Gasteiger partial charge is 0.236 e. The minimum Gasteiger partial charge on any atom is -0.351 e. The minimum atomic E-state index is -3.74. The van der Waals surface area contributed by atoms with Crippen LogP contribution in [-0.4, -0.2) is 20.1 Å². The van der Waals surface area contributed by atoms with Gasteiger partial charge in [0, 0.05) is 6.54 Å². The third-order valence-electron chi connectivity index (χ3n) is 1.66. The first-order valence-corrected chi connectivity index (χ1v) is 6.00. The molecule has 15 heavy (non-hydrogen) atoms. The van der Waals surface area contributed by atoms with Crippen molar-refractivity contribution in [3.63, 3.8) is 0 Å². The summed E-state index contributed by atoms with van der Waals surface area (Å²) >= 11 is 0. The van der Waals surface area contributed by atoms with Crippen LogP contribution in [0.15, 0.2) is 30.3 Å². The number of rotatable bonds is 4. The maximum Gasteiger partial charge on any atom is 0.236 e. The fourth-order valence-electron chi connectivity index (χ4n) is 1.03. The largest absolute Gasteiger partial charge is 0.351 e. The highest BCUT2D eigenvalue weighted by molar-refractivity contribution is 7.89. The van der Waals surface area contributed by atoms with E-state index in [1.54, 1.807) is 0 Å². The van der Waals surface area contributed by atoms with Gasteiger partial charge in [-0.05, 0) is 5.56 Å². The molecule has 0 aliphatic rings. The van der Waals surface area contributed by atoms with Gasteiger partial charge in [-0.2, -0.15) is 0 Å². The molecule has 1 rings (SSSR count). The van der Waals surface area contributed by atoms with Gasteiger partial charge in [-0.25, -0.2) is 13.6 Å². The van der Waals surface area contributed by atoms with Crippen LogP contribution in [0.1, 0.15) is 5.56 Å². The quantitative estimate of drug-likeness (QED) is 0.734. The predicted molar refractivity (Wildman–Crippen MR) is 56.3 cm³/mol. The van der Waals surface area contributed by atoms with Crippen molar-refractivity contribution >= 4 is 15.9 Å². The molecule has 0 atom stereocenters. The molecule has 0 bridgehead atoms. The molecule has 5 nitrogen and oxygen atoms in total. The number of carbonyl (C=O) groups excluding carboxylic acids is 1. The second-order valence-corrected chi connectivity index (χ2v) is 4.68. The number of nitrogens with two attached hydrogens (primary N) is 1. The molecule has 1 aromatic rings. The lowest BCUT2D eigenvalue weighted by Crippen LogP contribution is -2.32. The van der Waals surface area contributed by atoms with Crippen molar-refractivity contribution in [2.75, 3.05) is 5.75 Å². The van der Waals surface area contributed by atoms with Gasteiger partial charge in [-0.1, -0.05) is 30.3 Å². The monoisotopic (exact) mass is 228 g/mol. The van der Waals surface area contributed by atoms with Crippen molar-refractivity contribution in [3.05, 3.63) is 35.9 Å². The van der Waals surface area contributed by atoms with E-state index in [1.165, 1.54) is 0 Å². The Hall–Kier alpha value is -1.40. The first-order valence-electron chi connectivity index (χ1n) is 4.28. The van der Waals surface area contributed by atoms with Gasteiger partial charge in [-0.3, -0.25) is 4.79 Å². The van der Waals surface area contributed by atoms with Crippen LogP contribution < -0.4 is 10.5 Å². The maximum atomic E-state index is 11.1. The van der Waals surface area contributed by atoms with E-state index in [9.17, 15) is 13.2 Å². The van der Waals surface area contributed by atoms with Crippen LogP contribution in [0.4, 0.5) is 0 Å². The van der Waals surface area contributed by atoms with E-state index in [0.29, 0.717) is 6.54 Å². The first-order chi connectivity index (χ1) is 6.97. The van der Waals surface area contributed by atoms with Crippen LogP contribution in [0.25, 0.3) is 0 Å². The Morgan fingerprint density at radius 2 is 1.87 bits per heavy atom. The van der Waals surface area contributed by atoms with Crippen LogP contribution in [0.5, 0.6) is 0 Å². The average molecular weight is 228 g/mol. The molecule has 82 valence electrons. The summed E-state index contributed by atoms with van der Waals surface area (Å²) < 4.78 is 21.1. The molecule has 3 N–H and O–H groups in total. The van der Waals surface area contributed by atoms with Crippen LogP contribution in [-0.2, 0) is 21.4 Å². The molecular weight excluding hydrogens is 216 g/mol. The Balaban J connectivity index is 2.42. The Morgan fingerprint density at radius 1 is 1.27 bits per heavy atom. The number of nitrogens with one attached hydrogen (secondary N) is 1. The molecule has 0 unspecified atom stereocenters. The summed E-state index contributed by atoms with van der Waals surface area (Å²) in [6.07, 6.45) is 0. The molecule has 0 aromatic heterocycles. The molecule has 0 aliphatic carbocycles. The van der Waals surface area contributed by atoms with Crippen molar-refractivity contribution in [1.82, 2.24) is 5.32 Å². The first kappa shape index (κ1) is 11.7. The molecular formula is C9H12N2O3S. The highest BCUT2D eigenvalue weighted by atomic mass is 32.2. The molecule has 0 aliphatic heterocycles. The van der Waals surface area contributed by atoms with Crippen molar-refractivity contribution in [3.8, 4) is 0 Å². The van der Waals surface area contributed by atoms with Crippen molar-refractivity contribution in [2.24, 2.45) is 5.14 Å². The van der Waals surface area contributed by atoms with E-state index in [4.69, 9.17) is 5.14 Å². The molecule has 6 heteroatoms. The second-order valence-electron chi connectivity index (χ2n) is 3.07. The van der Waals surface area contributed by atoms with Gasteiger partial charge in [0.15, 0.2) is 0 Å². The summed E-state index contributed by atoms with van der Waals surface area (Å²) in [6.45, 7) is 0.301. The number of hydrogen-bond acceptors (Lipinski definition) is 3. The second kappa shape index (κ2) is 4.90. The Kier molecular flexibility index (Phi) is 3.81. The molecule has 0 fully saturated rings. The standard InChI is InChI=1S/C9H12N2O3S/c10-15(13,14)7-9(12)11-6-8-4-2-1-3-5-8/h1-5H,6-7H2,(H,11,12)(H2,10,13,14). The average Bonchev–Trinajstić information content (AvgIpc) is 2.14. The Morgan fingerprint density at radius 3 is 2.40 bits per heavy atom. The third kappa shape index (κ3) is 5.14. The lowest BCUT2D eigenvalue weighted by atomic mass is 10.2. The zero-order valence-corrected chi connectivity index (χ0v) is 8.83. The summed E-state index contributed by atoms with van der Waals surface area (Å²) in [7, 11) is -3.74. The highest BCUT2D eigenvalue weighted by Gasteiger charge is 2.10. The van der Waals surface area contributed by atoms with Crippen LogP contribution >= 0.6 is 0 Å². The Labute approximate surface area is 88.3 Å². The normalized spacial score (nSPS) is 11.0. The van der Waals surface area contributed by atoms with Gasteiger partial charge < -0.3 is 5.32 Å². The third-order valence-corrected chi connectivity index (χ3v) is 2.33. The fourth-order valence-corrected chi connectivity index (χ4v) is 1.50. The van der Waals surface area contributed by atoms with Crippen molar-refractivity contribution in [2.45, 2.75) is 6.54 Å². The van der Waals surface area contributed by atoms with E-state index in [2.05, 4.69) is 5.32 Å². The van der Waals surface area contributed by atoms with E-state index in [1.807, 2.05) is 30.3 Å². The molecule has 1 amide bonds. The zero-order chi connectivity index (χ0) is 11.3. The molecule has 1 aromatic carbocycles.